The van der Waals surface area contributed by atoms with E-state index in [1.165, 1.54) is 24.7 Å². The molecule has 1 aromatic rings. The Morgan fingerprint density at radius 3 is 2.21 bits per heavy atom. The van der Waals surface area contributed by atoms with Crippen molar-refractivity contribution in [2.45, 2.75) is 63.8 Å². The van der Waals surface area contributed by atoms with Crippen LogP contribution in [0.25, 0.3) is 0 Å². The molecule has 3 fully saturated rings. The van der Waals surface area contributed by atoms with E-state index in [2.05, 4.69) is 64.3 Å². The number of carbonyl (C=O) groups is 1. The molecule has 1 aromatic carbocycles. The van der Waals surface area contributed by atoms with Crippen LogP contribution in [-0.2, 0) is 10.0 Å². The van der Waals surface area contributed by atoms with Gasteiger partial charge in [-0.3, -0.25) is 0 Å². The van der Waals surface area contributed by atoms with E-state index in [9.17, 15) is 13.2 Å². The number of sulfonamides is 1. The van der Waals surface area contributed by atoms with Crippen LogP contribution in [0.2, 0.25) is 0 Å². The lowest BCUT2D eigenvalue weighted by molar-refractivity contribution is 0.117. The highest BCUT2D eigenvalue weighted by Gasteiger charge is 2.32. The highest BCUT2D eigenvalue weighted by molar-refractivity contribution is 7.88. The number of rotatable bonds is 10. The molecule has 3 heterocycles. The van der Waals surface area contributed by atoms with Crippen LogP contribution in [0.4, 0.5) is 4.79 Å². The second-order valence-corrected chi connectivity index (χ2v) is 14.1. The smallest absolute Gasteiger partial charge is 0.317 e. The standard InChI is InChI=1S/C30H51N5O3S/c1-4-35(30(36)31-24-25-10-17-32(2)18-11-25)28-14-19-33(20-15-28)21-16-29(26-8-6-5-7-9-26)27-12-22-34(23-13-27)39(3,37)38/h5-9,25,27-29H,4,10-24H2,1-3H3,(H,31,36)/t29-/m0/s1. The Bertz CT molecular complexity index is 983. The van der Waals surface area contributed by atoms with Gasteiger partial charge in [0.15, 0.2) is 0 Å². The molecule has 0 radical (unpaired) electrons. The number of carbonyl (C=O) groups excluding carboxylic acids is 1. The lowest BCUT2D eigenvalue weighted by Crippen LogP contribution is -2.51. The number of likely N-dealkylation sites (tertiary alicyclic amines) is 2. The maximum atomic E-state index is 13.0. The third kappa shape index (κ3) is 8.65. The van der Waals surface area contributed by atoms with Crippen molar-refractivity contribution < 1.29 is 13.2 Å². The number of amides is 2. The Labute approximate surface area is 237 Å². The molecule has 1 atom stereocenters. The third-order valence-corrected chi connectivity index (χ3v) is 10.8. The first-order valence-electron chi connectivity index (χ1n) is 15.2. The number of benzene rings is 1. The SMILES string of the molecule is CCN(C(=O)NCC1CCN(C)CC1)C1CCN(CC[C@@H](c2ccccc2)C2CCN(S(C)(=O)=O)CC2)CC1. The minimum atomic E-state index is -3.11. The Hall–Kier alpha value is -1.68. The van der Waals surface area contributed by atoms with E-state index in [0.717, 1.165) is 77.9 Å². The van der Waals surface area contributed by atoms with Crippen LogP contribution in [-0.4, -0.2) is 112 Å². The summed E-state index contributed by atoms with van der Waals surface area (Å²) in [6, 6.07) is 11.2. The molecular formula is C30H51N5O3S. The predicted octanol–water partition coefficient (Wildman–Crippen LogP) is 3.67. The predicted molar refractivity (Wildman–Crippen MR) is 158 cm³/mol. The zero-order valence-electron chi connectivity index (χ0n) is 24.4. The molecule has 0 bridgehead atoms. The van der Waals surface area contributed by atoms with Gasteiger partial charge in [0, 0.05) is 45.3 Å². The lowest BCUT2D eigenvalue weighted by atomic mass is 9.78. The van der Waals surface area contributed by atoms with Crippen molar-refractivity contribution in [2.75, 3.05) is 72.2 Å². The van der Waals surface area contributed by atoms with Gasteiger partial charge in [-0.25, -0.2) is 17.5 Å². The molecule has 0 unspecified atom stereocenters. The van der Waals surface area contributed by atoms with Crippen molar-refractivity contribution in [3.63, 3.8) is 0 Å². The van der Waals surface area contributed by atoms with Gasteiger partial charge in [-0.05, 0) is 102 Å². The molecule has 1 N–H and O–H groups in total. The third-order valence-electron chi connectivity index (χ3n) is 9.50. The largest absolute Gasteiger partial charge is 0.338 e. The number of nitrogens with one attached hydrogen (secondary N) is 1. The van der Waals surface area contributed by atoms with Gasteiger partial charge in [0.25, 0.3) is 0 Å². The highest BCUT2D eigenvalue weighted by atomic mass is 32.2. The Morgan fingerprint density at radius 2 is 1.62 bits per heavy atom. The molecule has 0 aliphatic carbocycles. The molecule has 3 aliphatic heterocycles. The summed E-state index contributed by atoms with van der Waals surface area (Å²) in [6.45, 7) is 10.3. The van der Waals surface area contributed by atoms with Crippen molar-refractivity contribution in [1.82, 2.24) is 24.3 Å². The van der Waals surface area contributed by atoms with E-state index in [1.54, 1.807) is 4.31 Å². The molecule has 39 heavy (non-hydrogen) atoms. The molecular weight excluding hydrogens is 510 g/mol. The number of nitrogens with zero attached hydrogens (tertiary/aromatic N) is 4. The lowest BCUT2D eigenvalue weighted by Gasteiger charge is -2.40. The van der Waals surface area contributed by atoms with Gasteiger partial charge in [-0.2, -0.15) is 0 Å². The van der Waals surface area contributed by atoms with E-state index in [0.29, 0.717) is 36.9 Å². The molecule has 2 amide bonds. The summed E-state index contributed by atoms with van der Waals surface area (Å²) >= 11 is 0. The van der Waals surface area contributed by atoms with E-state index in [-0.39, 0.29) is 6.03 Å². The van der Waals surface area contributed by atoms with E-state index >= 15 is 0 Å². The van der Waals surface area contributed by atoms with Crippen LogP contribution < -0.4 is 5.32 Å². The Balaban J connectivity index is 1.25. The number of urea groups is 1. The average molecular weight is 562 g/mol. The van der Waals surface area contributed by atoms with Crippen LogP contribution in [0.5, 0.6) is 0 Å². The Kier molecular flexibility index (Phi) is 11.1. The highest BCUT2D eigenvalue weighted by Crippen LogP contribution is 2.36. The fraction of sp³-hybridized carbons (Fsp3) is 0.767. The van der Waals surface area contributed by atoms with Crippen LogP contribution >= 0.6 is 0 Å². The first kappa shape index (κ1) is 30.3. The normalized spacial score (nSPS) is 22.5. The summed E-state index contributed by atoms with van der Waals surface area (Å²) < 4.78 is 25.7. The second kappa shape index (κ2) is 14.3. The summed E-state index contributed by atoms with van der Waals surface area (Å²) in [5, 5.41) is 3.25. The van der Waals surface area contributed by atoms with Crippen molar-refractivity contribution in [2.24, 2.45) is 11.8 Å². The van der Waals surface area contributed by atoms with E-state index in [1.807, 2.05) is 0 Å². The molecule has 0 aromatic heterocycles. The summed E-state index contributed by atoms with van der Waals surface area (Å²) in [7, 11) is -0.938. The fourth-order valence-corrected chi connectivity index (χ4v) is 7.80. The molecule has 4 rings (SSSR count). The van der Waals surface area contributed by atoms with Crippen molar-refractivity contribution in [1.29, 1.82) is 0 Å². The summed E-state index contributed by atoms with van der Waals surface area (Å²) in [5.74, 6) is 1.55. The molecule has 220 valence electrons. The monoisotopic (exact) mass is 561 g/mol. The van der Waals surface area contributed by atoms with Gasteiger partial charge in [-0.15, -0.1) is 0 Å². The zero-order valence-corrected chi connectivity index (χ0v) is 25.2. The van der Waals surface area contributed by atoms with Gasteiger partial charge in [-0.1, -0.05) is 30.3 Å². The van der Waals surface area contributed by atoms with E-state index in [4.69, 9.17) is 0 Å². The minimum absolute atomic E-state index is 0.111. The van der Waals surface area contributed by atoms with Gasteiger partial charge in [0.05, 0.1) is 6.26 Å². The second-order valence-electron chi connectivity index (χ2n) is 12.1. The molecule has 9 heteroatoms. The molecule has 8 nitrogen and oxygen atoms in total. The maximum Gasteiger partial charge on any atom is 0.317 e. The van der Waals surface area contributed by atoms with Crippen LogP contribution in [0, 0.1) is 11.8 Å². The van der Waals surface area contributed by atoms with Crippen LogP contribution in [0.1, 0.15) is 63.4 Å². The first-order valence-corrected chi connectivity index (χ1v) is 17.0. The van der Waals surface area contributed by atoms with Crippen molar-refractivity contribution in [3.05, 3.63) is 35.9 Å². The van der Waals surface area contributed by atoms with Gasteiger partial charge < -0.3 is 20.0 Å². The molecule has 0 spiro atoms. The van der Waals surface area contributed by atoms with Crippen molar-refractivity contribution in [3.8, 4) is 0 Å². The number of hydrogen-bond donors (Lipinski definition) is 1. The minimum Gasteiger partial charge on any atom is -0.338 e. The number of hydrogen-bond acceptors (Lipinski definition) is 5. The van der Waals surface area contributed by atoms with Crippen molar-refractivity contribution >= 4 is 16.1 Å². The van der Waals surface area contributed by atoms with Crippen LogP contribution in [0.3, 0.4) is 0 Å². The summed E-state index contributed by atoms with van der Waals surface area (Å²) in [4.78, 5) is 20.0. The molecule has 0 saturated carbocycles. The van der Waals surface area contributed by atoms with E-state index < -0.39 is 10.0 Å². The number of piperidine rings is 3. The van der Waals surface area contributed by atoms with Gasteiger partial charge in [0.2, 0.25) is 10.0 Å². The van der Waals surface area contributed by atoms with Crippen LogP contribution in [0.15, 0.2) is 30.3 Å². The Morgan fingerprint density at radius 1 is 0.974 bits per heavy atom. The summed E-state index contributed by atoms with van der Waals surface area (Å²) in [6.07, 6.45) is 8.65. The summed E-state index contributed by atoms with van der Waals surface area (Å²) in [5.41, 5.74) is 1.38. The van der Waals surface area contributed by atoms with Gasteiger partial charge in [0.1, 0.15) is 0 Å². The maximum absolute atomic E-state index is 13.0. The molecule has 3 aliphatic rings. The van der Waals surface area contributed by atoms with Gasteiger partial charge >= 0.3 is 6.03 Å². The molecule has 3 saturated heterocycles. The first-order chi connectivity index (χ1) is 18.7. The fourth-order valence-electron chi connectivity index (χ4n) is 6.93. The average Bonchev–Trinajstić information content (AvgIpc) is 2.94. The quantitative estimate of drug-likeness (QED) is 0.472. The topological polar surface area (TPSA) is 76.2 Å². The zero-order chi connectivity index (χ0) is 27.8.